The molecule has 0 aliphatic carbocycles. The van der Waals surface area contributed by atoms with Crippen molar-refractivity contribution in [3.8, 4) is 0 Å². The molecule has 2 aromatic carbocycles. The highest BCUT2D eigenvalue weighted by atomic mass is 32.2. The van der Waals surface area contributed by atoms with Crippen molar-refractivity contribution in [2.45, 2.75) is 39.9 Å². The van der Waals surface area contributed by atoms with Crippen LogP contribution in [-0.2, 0) is 12.2 Å². The van der Waals surface area contributed by atoms with Crippen LogP contribution in [0.15, 0.2) is 36.4 Å². The summed E-state index contributed by atoms with van der Waals surface area (Å²) in [6.45, 7) is 8.71. The fraction of sp³-hybridized carbons (Fsp3) is 0.368. The van der Waals surface area contributed by atoms with E-state index in [1.165, 1.54) is 39.1 Å². The van der Waals surface area contributed by atoms with Crippen LogP contribution in [-0.4, -0.2) is 5.75 Å². The Hall–Kier alpha value is -1.21. The monoisotopic (exact) mass is 284 g/mol. The minimum atomic E-state index is 1.12. The minimum Gasteiger partial charge on any atom is -0.157 e. The van der Waals surface area contributed by atoms with Crippen LogP contribution in [0.4, 0.5) is 0 Å². The van der Waals surface area contributed by atoms with E-state index in [1.807, 2.05) is 11.8 Å². The van der Waals surface area contributed by atoms with Gasteiger partial charge in [0, 0.05) is 5.75 Å². The number of thioether (sulfide) groups is 1. The summed E-state index contributed by atoms with van der Waals surface area (Å²) in [5.74, 6) is 2.31. The molecule has 1 heteroatoms. The summed E-state index contributed by atoms with van der Waals surface area (Å²) in [4.78, 5) is 0. The number of rotatable bonds is 5. The summed E-state index contributed by atoms with van der Waals surface area (Å²) < 4.78 is 0. The van der Waals surface area contributed by atoms with Crippen molar-refractivity contribution in [3.05, 3.63) is 69.8 Å². The van der Waals surface area contributed by atoms with Crippen LogP contribution in [0.5, 0.6) is 0 Å². The second-order valence-electron chi connectivity index (χ2n) is 5.79. The van der Waals surface area contributed by atoms with Crippen LogP contribution in [0, 0.1) is 27.7 Å². The third-order valence-corrected chi connectivity index (χ3v) is 4.40. The lowest BCUT2D eigenvalue weighted by atomic mass is 10.1. The Morgan fingerprint density at radius 2 is 1.10 bits per heavy atom. The summed E-state index contributed by atoms with van der Waals surface area (Å²) in [6.07, 6.45) is 1.16. The highest BCUT2D eigenvalue weighted by Crippen LogP contribution is 2.18. The third-order valence-electron chi connectivity index (χ3n) is 3.37. The lowest BCUT2D eigenvalue weighted by molar-refractivity contribution is 1.13. The number of hydrogen-bond donors (Lipinski definition) is 0. The van der Waals surface area contributed by atoms with E-state index in [0.29, 0.717) is 0 Å². The maximum absolute atomic E-state index is 2.31. The standard InChI is InChI=1S/C19H24S/c1-14-7-15(2)10-18(9-14)5-6-20-13-19-11-16(3)8-17(4)12-19/h7-12H,5-6,13H2,1-4H3. The summed E-state index contributed by atoms with van der Waals surface area (Å²) in [7, 11) is 0. The molecule has 106 valence electrons. The number of aryl methyl sites for hydroxylation is 5. The molecular weight excluding hydrogens is 260 g/mol. The van der Waals surface area contributed by atoms with Gasteiger partial charge in [0.1, 0.15) is 0 Å². The van der Waals surface area contributed by atoms with E-state index < -0.39 is 0 Å². The van der Waals surface area contributed by atoms with Gasteiger partial charge in [0.25, 0.3) is 0 Å². The van der Waals surface area contributed by atoms with Crippen molar-refractivity contribution < 1.29 is 0 Å². The third kappa shape index (κ3) is 4.72. The zero-order valence-corrected chi connectivity index (χ0v) is 13.8. The van der Waals surface area contributed by atoms with Crippen molar-refractivity contribution in [1.29, 1.82) is 0 Å². The van der Waals surface area contributed by atoms with Crippen LogP contribution >= 0.6 is 11.8 Å². The van der Waals surface area contributed by atoms with Crippen molar-refractivity contribution in [2.24, 2.45) is 0 Å². The highest BCUT2D eigenvalue weighted by molar-refractivity contribution is 7.98. The lowest BCUT2D eigenvalue weighted by Crippen LogP contribution is -1.92. The van der Waals surface area contributed by atoms with Crippen molar-refractivity contribution in [1.82, 2.24) is 0 Å². The second-order valence-corrected chi connectivity index (χ2v) is 6.90. The highest BCUT2D eigenvalue weighted by Gasteiger charge is 1.99. The maximum atomic E-state index is 2.31. The van der Waals surface area contributed by atoms with Gasteiger partial charge in [-0.1, -0.05) is 58.7 Å². The first-order chi connectivity index (χ1) is 9.52. The molecule has 0 nitrogen and oxygen atoms in total. The second kappa shape index (κ2) is 6.99. The minimum absolute atomic E-state index is 1.12. The Labute approximate surface area is 127 Å². The smallest absolute Gasteiger partial charge is 0.0184 e. The van der Waals surface area contributed by atoms with Crippen molar-refractivity contribution >= 4 is 11.8 Å². The molecule has 0 aromatic heterocycles. The summed E-state index contributed by atoms with van der Waals surface area (Å²) in [5, 5.41) is 0. The van der Waals surface area contributed by atoms with Crippen molar-refractivity contribution in [3.63, 3.8) is 0 Å². The van der Waals surface area contributed by atoms with E-state index in [2.05, 4.69) is 64.1 Å². The molecule has 0 saturated heterocycles. The first-order valence-corrected chi connectivity index (χ1v) is 8.40. The molecule has 2 rings (SSSR count). The largest absolute Gasteiger partial charge is 0.157 e. The lowest BCUT2D eigenvalue weighted by Gasteiger charge is -2.07. The van der Waals surface area contributed by atoms with Gasteiger partial charge in [0.2, 0.25) is 0 Å². The Morgan fingerprint density at radius 3 is 1.60 bits per heavy atom. The molecule has 0 saturated carbocycles. The van der Waals surface area contributed by atoms with Gasteiger partial charge >= 0.3 is 0 Å². The van der Waals surface area contributed by atoms with Gasteiger partial charge in [-0.15, -0.1) is 0 Å². The summed E-state index contributed by atoms with van der Waals surface area (Å²) in [6, 6.07) is 13.7. The SMILES string of the molecule is Cc1cc(C)cc(CCSCc2cc(C)cc(C)c2)c1. The molecule has 0 amide bonds. The Balaban J connectivity index is 1.84. The van der Waals surface area contributed by atoms with Gasteiger partial charge in [0.05, 0.1) is 0 Å². The van der Waals surface area contributed by atoms with E-state index in [1.54, 1.807) is 0 Å². The molecular formula is C19H24S. The molecule has 0 unspecified atom stereocenters. The number of hydrogen-bond acceptors (Lipinski definition) is 1. The molecule has 0 heterocycles. The van der Waals surface area contributed by atoms with Gasteiger partial charge in [-0.05, 0) is 51.0 Å². The molecule has 0 radical (unpaired) electrons. The summed E-state index contributed by atoms with van der Waals surface area (Å²) >= 11 is 2.03. The van der Waals surface area contributed by atoms with Crippen LogP contribution in [0.1, 0.15) is 33.4 Å². The van der Waals surface area contributed by atoms with Gasteiger partial charge in [0.15, 0.2) is 0 Å². The molecule has 0 spiro atoms. The maximum Gasteiger partial charge on any atom is 0.0184 e. The van der Waals surface area contributed by atoms with Crippen LogP contribution in [0.3, 0.4) is 0 Å². The first-order valence-electron chi connectivity index (χ1n) is 7.25. The number of benzene rings is 2. The average molecular weight is 284 g/mol. The van der Waals surface area contributed by atoms with Crippen LogP contribution in [0.2, 0.25) is 0 Å². The first kappa shape index (κ1) is 15.2. The Morgan fingerprint density at radius 1 is 0.650 bits per heavy atom. The molecule has 0 bridgehead atoms. The van der Waals surface area contributed by atoms with Gasteiger partial charge in [-0.2, -0.15) is 11.8 Å². The molecule has 0 atom stereocenters. The predicted octanol–water partition coefficient (Wildman–Crippen LogP) is 5.40. The average Bonchev–Trinajstić information content (AvgIpc) is 2.32. The molecule has 0 aliphatic heterocycles. The predicted molar refractivity (Wildman–Crippen MR) is 91.7 cm³/mol. The topological polar surface area (TPSA) is 0 Å². The fourth-order valence-corrected chi connectivity index (χ4v) is 3.67. The molecule has 20 heavy (non-hydrogen) atoms. The summed E-state index contributed by atoms with van der Waals surface area (Å²) in [5.41, 5.74) is 8.41. The molecule has 2 aromatic rings. The quantitative estimate of drug-likeness (QED) is 0.663. The molecule has 0 fully saturated rings. The fourth-order valence-electron chi connectivity index (χ4n) is 2.75. The van der Waals surface area contributed by atoms with Crippen molar-refractivity contribution in [2.75, 3.05) is 5.75 Å². The van der Waals surface area contributed by atoms with Gasteiger partial charge in [-0.25, -0.2) is 0 Å². The van der Waals surface area contributed by atoms with E-state index in [-0.39, 0.29) is 0 Å². The van der Waals surface area contributed by atoms with Gasteiger partial charge < -0.3 is 0 Å². The van der Waals surface area contributed by atoms with Crippen LogP contribution < -0.4 is 0 Å². The molecule has 0 aliphatic rings. The Bertz CT molecular complexity index is 490. The normalized spacial score (nSPS) is 10.8. The van der Waals surface area contributed by atoms with E-state index in [0.717, 1.165) is 12.2 Å². The zero-order valence-electron chi connectivity index (χ0n) is 13.0. The zero-order chi connectivity index (χ0) is 14.5. The van der Waals surface area contributed by atoms with Crippen LogP contribution in [0.25, 0.3) is 0 Å². The molecule has 0 N–H and O–H groups in total. The van der Waals surface area contributed by atoms with E-state index in [9.17, 15) is 0 Å². The van der Waals surface area contributed by atoms with Gasteiger partial charge in [-0.3, -0.25) is 0 Å². The van der Waals surface area contributed by atoms with E-state index in [4.69, 9.17) is 0 Å². The Kier molecular flexibility index (Phi) is 5.31. The van der Waals surface area contributed by atoms with E-state index >= 15 is 0 Å².